The van der Waals surface area contributed by atoms with Crippen molar-refractivity contribution in [2.75, 3.05) is 0 Å². The molecule has 0 spiro atoms. The van der Waals surface area contributed by atoms with E-state index in [-0.39, 0.29) is 5.92 Å². The summed E-state index contributed by atoms with van der Waals surface area (Å²) in [5.74, 6) is -1.98. The van der Waals surface area contributed by atoms with E-state index in [1.807, 2.05) is 13.8 Å². The van der Waals surface area contributed by atoms with Gasteiger partial charge in [-0.05, 0) is 25.2 Å². The average Bonchev–Trinajstić information content (AvgIpc) is 2.62. The van der Waals surface area contributed by atoms with Crippen LogP contribution in [0.2, 0.25) is 0 Å². The maximum absolute atomic E-state index is 12.3. The van der Waals surface area contributed by atoms with E-state index in [0.29, 0.717) is 19.3 Å². The van der Waals surface area contributed by atoms with Crippen LogP contribution in [0.4, 0.5) is 0 Å². The second kappa shape index (κ2) is 11.7. The molecule has 0 aliphatic heterocycles. The Morgan fingerprint density at radius 1 is 0.778 bits per heavy atom. The van der Waals surface area contributed by atoms with E-state index in [0.717, 1.165) is 32.1 Å². The minimum Gasteiger partial charge on any atom is -0.481 e. The Bertz CT molecular complexity index is 459. The van der Waals surface area contributed by atoms with Gasteiger partial charge in [0.25, 0.3) is 0 Å². The van der Waals surface area contributed by atoms with Gasteiger partial charge in [-0.25, -0.2) is 0 Å². The van der Waals surface area contributed by atoms with Gasteiger partial charge < -0.3 is 10.2 Å². The summed E-state index contributed by atoms with van der Waals surface area (Å²) in [5.41, 5.74) is -2.23. The third-order valence-corrected chi connectivity index (χ3v) is 7.01. The normalized spacial score (nSPS) is 25.6. The van der Waals surface area contributed by atoms with Crippen molar-refractivity contribution in [1.82, 2.24) is 0 Å². The highest BCUT2D eigenvalue weighted by molar-refractivity contribution is 5.87. The Morgan fingerprint density at radius 3 is 1.70 bits per heavy atom. The highest BCUT2D eigenvalue weighted by Crippen LogP contribution is 2.58. The Morgan fingerprint density at radius 2 is 1.26 bits per heavy atom. The van der Waals surface area contributed by atoms with Gasteiger partial charge in [0.05, 0.1) is 10.8 Å². The molecule has 0 bridgehead atoms. The van der Waals surface area contributed by atoms with Gasteiger partial charge in [0.2, 0.25) is 0 Å². The Hall–Kier alpha value is -1.06. The molecule has 0 amide bonds. The Labute approximate surface area is 166 Å². The molecule has 0 aromatic carbocycles. The summed E-state index contributed by atoms with van der Waals surface area (Å²) < 4.78 is 0. The van der Waals surface area contributed by atoms with Gasteiger partial charge in [-0.15, -0.1) is 0 Å². The highest BCUT2D eigenvalue weighted by Gasteiger charge is 2.63. The van der Waals surface area contributed by atoms with Crippen molar-refractivity contribution in [1.29, 1.82) is 0 Å². The van der Waals surface area contributed by atoms with E-state index in [1.165, 1.54) is 44.9 Å². The molecule has 0 radical (unpaired) electrons. The molecule has 1 fully saturated rings. The summed E-state index contributed by atoms with van der Waals surface area (Å²) >= 11 is 0. The van der Waals surface area contributed by atoms with E-state index in [4.69, 9.17) is 0 Å². The van der Waals surface area contributed by atoms with Crippen LogP contribution in [0.1, 0.15) is 117 Å². The number of hydrogen-bond donors (Lipinski definition) is 2. The molecule has 1 aliphatic carbocycles. The van der Waals surface area contributed by atoms with Crippen LogP contribution in [0.5, 0.6) is 0 Å². The number of carboxylic acid groups (broad SMARTS) is 2. The number of aliphatic carboxylic acids is 2. The second-order valence-electron chi connectivity index (χ2n) is 8.96. The van der Waals surface area contributed by atoms with Crippen LogP contribution in [0.3, 0.4) is 0 Å². The molecule has 158 valence electrons. The van der Waals surface area contributed by atoms with Crippen LogP contribution in [0.25, 0.3) is 0 Å². The fraction of sp³-hybridized carbons (Fsp3) is 0.913. The fourth-order valence-electron chi connectivity index (χ4n) is 5.36. The van der Waals surface area contributed by atoms with Gasteiger partial charge in [0, 0.05) is 0 Å². The molecule has 27 heavy (non-hydrogen) atoms. The molecule has 2 unspecified atom stereocenters. The summed E-state index contributed by atoms with van der Waals surface area (Å²) in [7, 11) is 0. The Balaban J connectivity index is 2.57. The van der Waals surface area contributed by atoms with Crippen LogP contribution in [-0.4, -0.2) is 22.2 Å². The van der Waals surface area contributed by atoms with Crippen LogP contribution in [0.15, 0.2) is 0 Å². The first kappa shape index (κ1) is 24.0. The van der Waals surface area contributed by atoms with Gasteiger partial charge in [0.1, 0.15) is 0 Å². The van der Waals surface area contributed by atoms with E-state index in [1.54, 1.807) is 0 Å². The summed E-state index contributed by atoms with van der Waals surface area (Å²) in [4.78, 5) is 24.6. The molecule has 0 heterocycles. The zero-order chi connectivity index (χ0) is 20.3. The van der Waals surface area contributed by atoms with Crippen molar-refractivity contribution >= 4 is 11.9 Å². The van der Waals surface area contributed by atoms with Crippen molar-refractivity contribution in [2.45, 2.75) is 117 Å². The first-order chi connectivity index (χ1) is 12.8. The lowest BCUT2D eigenvalue weighted by atomic mass is 9.50. The van der Waals surface area contributed by atoms with Gasteiger partial charge in [-0.1, -0.05) is 97.8 Å². The van der Waals surface area contributed by atoms with Crippen LogP contribution in [-0.2, 0) is 9.59 Å². The molecule has 4 nitrogen and oxygen atoms in total. The lowest BCUT2D eigenvalue weighted by Crippen LogP contribution is -2.57. The third kappa shape index (κ3) is 5.71. The fourth-order valence-corrected chi connectivity index (χ4v) is 5.36. The first-order valence-electron chi connectivity index (χ1n) is 11.3. The van der Waals surface area contributed by atoms with E-state index >= 15 is 0 Å². The lowest BCUT2D eigenvalue weighted by Gasteiger charge is -2.51. The summed E-state index contributed by atoms with van der Waals surface area (Å²) in [6, 6.07) is 0. The molecule has 0 aromatic rings. The zero-order valence-corrected chi connectivity index (χ0v) is 17.9. The molecule has 0 aromatic heterocycles. The maximum atomic E-state index is 12.3. The topological polar surface area (TPSA) is 74.6 Å². The van der Waals surface area contributed by atoms with E-state index in [2.05, 4.69) is 6.92 Å². The van der Waals surface area contributed by atoms with Gasteiger partial charge >= 0.3 is 11.9 Å². The van der Waals surface area contributed by atoms with Crippen molar-refractivity contribution in [2.24, 2.45) is 16.7 Å². The van der Waals surface area contributed by atoms with Crippen LogP contribution in [0, 0.1) is 16.7 Å². The van der Waals surface area contributed by atoms with E-state index < -0.39 is 22.8 Å². The largest absolute Gasteiger partial charge is 0.481 e. The lowest BCUT2D eigenvalue weighted by molar-refractivity contribution is -0.187. The van der Waals surface area contributed by atoms with Gasteiger partial charge in [-0.3, -0.25) is 9.59 Å². The van der Waals surface area contributed by atoms with Crippen LogP contribution < -0.4 is 0 Å². The smallest absolute Gasteiger partial charge is 0.311 e. The predicted octanol–water partition coefficient (Wildman–Crippen LogP) is 6.67. The monoisotopic (exact) mass is 382 g/mol. The molecule has 1 aliphatic rings. The molecular formula is C23H42O4. The highest BCUT2D eigenvalue weighted by atomic mass is 16.4. The van der Waals surface area contributed by atoms with Crippen molar-refractivity contribution in [3.8, 4) is 0 Å². The molecule has 1 rings (SSSR count). The maximum Gasteiger partial charge on any atom is 0.311 e. The number of unbranched alkanes of at least 4 members (excludes halogenated alkanes) is 9. The average molecular weight is 383 g/mol. The van der Waals surface area contributed by atoms with Crippen molar-refractivity contribution in [3.63, 3.8) is 0 Å². The minimum atomic E-state index is -1.13. The van der Waals surface area contributed by atoms with E-state index in [9.17, 15) is 19.8 Å². The number of carbonyl (C=O) groups is 2. The Kier molecular flexibility index (Phi) is 10.4. The molecule has 2 N–H and O–H groups in total. The van der Waals surface area contributed by atoms with Crippen molar-refractivity contribution in [3.05, 3.63) is 0 Å². The molecule has 4 heteroatoms. The van der Waals surface area contributed by atoms with Crippen molar-refractivity contribution < 1.29 is 19.8 Å². The SMILES string of the molecule is CCCCCCCCCCCCC1(C(=O)O)CCCCC1(C(=O)O)C(C)C. The predicted molar refractivity (Wildman–Crippen MR) is 110 cm³/mol. The van der Waals surface area contributed by atoms with Crippen LogP contribution >= 0.6 is 0 Å². The number of hydrogen-bond acceptors (Lipinski definition) is 2. The first-order valence-corrected chi connectivity index (χ1v) is 11.3. The zero-order valence-electron chi connectivity index (χ0n) is 17.9. The summed E-state index contributed by atoms with van der Waals surface area (Å²) in [6.45, 7) is 6.00. The number of rotatable bonds is 14. The summed E-state index contributed by atoms with van der Waals surface area (Å²) in [6.07, 6.45) is 15.1. The quantitative estimate of drug-likeness (QED) is 0.329. The molecule has 1 saturated carbocycles. The molecule has 0 saturated heterocycles. The number of carboxylic acids is 2. The molecular weight excluding hydrogens is 340 g/mol. The third-order valence-electron chi connectivity index (χ3n) is 7.01. The molecule has 2 atom stereocenters. The minimum absolute atomic E-state index is 0.172. The van der Waals surface area contributed by atoms with Gasteiger partial charge in [0.15, 0.2) is 0 Å². The van der Waals surface area contributed by atoms with Gasteiger partial charge in [-0.2, -0.15) is 0 Å². The summed E-state index contributed by atoms with van der Waals surface area (Å²) in [5, 5.41) is 20.1. The second-order valence-corrected chi connectivity index (χ2v) is 8.96. The standard InChI is InChI=1S/C23H42O4/c1-4-5-6-7-8-9-10-11-12-13-16-22(20(24)25)17-14-15-18-23(22,19(2)3)21(26)27/h19H,4-18H2,1-3H3,(H,24,25)(H,26,27).